The molecule has 4 saturated carbocycles. The number of ether oxygens (including phenoxy) is 1. The van der Waals surface area contributed by atoms with E-state index >= 15 is 0 Å². The highest BCUT2D eigenvalue weighted by Gasteiger charge is 2.50. The molecule has 7 rings (SSSR count). The molecule has 5 aliphatic rings. The van der Waals surface area contributed by atoms with Gasteiger partial charge in [0, 0.05) is 22.6 Å². The standard InChI is InChI=1S/C25H31BrN2O3/c26-20-2-1-3-21-22(20)19(12-28(21)13-25(30)14-31-15-25)23(29)27-5-4-24-9-16-6-17(10-24)8-18(7-16)11-24/h1-3,12,16-18,30H,4-11,13-15H2,(H,27,29). The summed E-state index contributed by atoms with van der Waals surface area (Å²) in [6.07, 6.45) is 11.5. The van der Waals surface area contributed by atoms with Gasteiger partial charge < -0.3 is 19.7 Å². The van der Waals surface area contributed by atoms with Crippen LogP contribution in [0.15, 0.2) is 28.9 Å². The summed E-state index contributed by atoms with van der Waals surface area (Å²) in [6.45, 7) is 1.86. The van der Waals surface area contributed by atoms with E-state index in [1.807, 2.05) is 29.0 Å². The van der Waals surface area contributed by atoms with Gasteiger partial charge in [-0.25, -0.2) is 0 Å². The van der Waals surface area contributed by atoms with Gasteiger partial charge in [-0.15, -0.1) is 0 Å². The van der Waals surface area contributed by atoms with Crippen LogP contribution in [-0.4, -0.2) is 40.9 Å². The van der Waals surface area contributed by atoms with E-state index in [1.54, 1.807) is 0 Å². The summed E-state index contributed by atoms with van der Waals surface area (Å²) in [5, 5.41) is 14.7. The van der Waals surface area contributed by atoms with Gasteiger partial charge >= 0.3 is 0 Å². The first kappa shape index (κ1) is 20.3. The van der Waals surface area contributed by atoms with Crippen molar-refractivity contribution >= 4 is 32.7 Å². The molecule has 166 valence electrons. The van der Waals surface area contributed by atoms with E-state index in [-0.39, 0.29) is 5.91 Å². The Bertz CT molecular complexity index is 990. The molecule has 2 N–H and O–H groups in total. The first-order valence-electron chi connectivity index (χ1n) is 11.8. The quantitative estimate of drug-likeness (QED) is 0.631. The maximum atomic E-state index is 13.2. The number of aliphatic hydroxyl groups is 1. The first-order valence-corrected chi connectivity index (χ1v) is 12.6. The third-order valence-electron chi connectivity index (χ3n) is 8.41. The van der Waals surface area contributed by atoms with E-state index in [2.05, 4.69) is 21.2 Å². The molecule has 0 atom stereocenters. The third-order valence-corrected chi connectivity index (χ3v) is 9.07. The largest absolute Gasteiger partial charge is 0.383 e. The number of carbonyl (C=O) groups is 1. The molecule has 1 aromatic carbocycles. The van der Waals surface area contributed by atoms with Gasteiger partial charge in [0.15, 0.2) is 0 Å². The van der Waals surface area contributed by atoms with Crippen LogP contribution < -0.4 is 5.32 Å². The second-order valence-electron chi connectivity index (χ2n) is 10.9. The average molecular weight is 487 g/mol. The van der Waals surface area contributed by atoms with Gasteiger partial charge in [0.05, 0.1) is 30.8 Å². The second kappa shape index (κ2) is 7.32. The lowest BCUT2D eigenvalue weighted by molar-refractivity contribution is -0.184. The number of hydrogen-bond acceptors (Lipinski definition) is 3. The highest BCUT2D eigenvalue weighted by Crippen LogP contribution is 2.61. The molecule has 0 spiro atoms. The summed E-state index contributed by atoms with van der Waals surface area (Å²) in [6, 6.07) is 5.95. The molecular weight excluding hydrogens is 456 g/mol. The smallest absolute Gasteiger partial charge is 0.253 e. The van der Waals surface area contributed by atoms with Gasteiger partial charge in [0.2, 0.25) is 0 Å². The Morgan fingerprint density at radius 3 is 2.45 bits per heavy atom. The van der Waals surface area contributed by atoms with Crippen LogP contribution in [0, 0.1) is 23.2 Å². The number of nitrogens with zero attached hydrogens (tertiary/aromatic N) is 1. The number of fused-ring (bicyclic) bond motifs is 1. The Morgan fingerprint density at radius 2 is 1.84 bits per heavy atom. The van der Waals surface area contributed by atoms with Gasteiger partial charge in [-0.3, -0.25) is 4.79 Å². The highest BCUT2D eigenvalue weighted by atomic mass is 79.9. The molecular formula is C25H31BrN2O3. The Kier molecular flexibility index (Phi) is 4.78. The summed E-state index contributed by atoms with van der Waals surface area (Å²) in [5.41, 5.74) is 1.27. The molecule has 0 radical (unpaired) electrons. The SMILES string of the molecule is O=C(NCCC12CC3CC(CC(C3)C1)C2)c1cn(CC2(O)COC2)c2cccc(Br)c12. The molecule has 6 heteroatoms. The third kappa shape index (κ3) is 3.55. The van der Waals surface area contributed by atoms with Crippen LogP contribution in [0.25, 0.3) is 10.9 Å². The molecule has 4 bridgehead atoms. The topological polar surface area (TPSA) is 63.5 Å². The molecule has 0 unspecified atom stereocenters. The van der Waals surface area contributed by atoms with E-state index in [1.165, 1.54) is 38.5 Å². The van der Waals surface area contributed by atoms with E-state index < -0.39 is 5.60 Å². The number of benzene rings is 1. The fraction of sp³-hybridized carbons (Fsp3) is 0.640. The number of amides is 1. The van der Waals surface area contributed by atoms with Crippen molar-refractivity contribution in [2.75, 3.05) is 19.8 Å². The zero-order valence-corrected chi connectivity index (χ0v) is 19.5. The Morgan fingerprint density at radius 1 is 1.16 bits per heavy atom. The van der Waals surface area contributed by atoms with Crippen LogP contribution >= 0.6 is 15.9 Å². The van der Waals surface area contributed by atoms with E-state index in [9.17, 15) is 9.90 Å². The fourth-order valence-corrected chi connectivity index (χ4v) is 8.06. The van der Waals surface area contributed by atoms with Crippen LogP contribution in [0.5, 0.6) is 0 Å². The molecule has 4 aliphatic carbocycles. The van der Waals surface area contributed by atoms with Crippen molar-refractivity contribution in [2.45, 2.75) is 57.1 Å². The van der Waals surface area contributed by atoms with Gasteiger partial charge in [-0.05, 0) is 80.2 Å². The molecule has 2 aromatic rings. The molecule has 5 fully saturated rings. The van der Waals surface area contributed by atoms with Gasteiger partial charge in [-0.1, -0.05) is 22.0 Å². The van der Waals surface area contributed by atoms with Gasteiger partial charge in [-0.2, -0.15) is 0 Å². The minimum absolute atomic E-state index is 0.0165. The predicted molar refractivity (Wildman–Crippen MR) is 123 cm³/mol. The maximum absolute atomic E-state index is 13.2. The van der Waals surface area contributed by atoms with Crippen molar-refractivity contribution in [1.82, 2.24) is 9.88 Å². The second-order valence-corrected chi connectivity index (χ2v) is 11.8. The lowest BCUT2D eigenvalue weighted by atomic mass is 9.49. The number of carbonyl (C=O) groups excluding carboxylic acids is 1. The zero-order valence-electron chi connectivity index (χ0n) is 17.9. The summed E-state index contributed by atoms with van der Waals surface area (Å²) >= 11 is 3.64. The molecule has 31 heavy (non-hydrogen) atoms. The summed E-state index contributed by atoms with van der Waals surface area (Å²) in [5.74, 6) is 2.81. The van der Waals surface area contributed by atoms with E-state index in [0.29, 0.717) is 30.7 Å². The monoisotopic (exact) mass is 486 g/mol. The summed E-state index contributed by atoms with van der Waals surface area (Å²) in [7, 11) is 0. The lowest BCUT2D eigenvalue weighted by Gasteiger charge is -2.57. The Hall–Kier alpha value is -1.37. The lowest BCUT2D eigenvalue weighted by Crippen LogP contribution is -2.52. The van der Waals surface area contributed by atoms with Crippen LogP contribution in [0.2, 0.25) is 0 Å². The molecule has 2 heterocycles. The van der Waals surface area contributed by atoms with Crippen molar-refractivity contribution in [3.05, 3.63) is 34.4 Å². The zero-order chi connectivity index (χ0) is 21.2. The summed E-state index contributed by atoms with van der Waals surface area (Å²) < 4.78 is 8.11. The minimum atomic E-state index is -0.847. The number of nitrogens with one attached hydrogen (secondary N) is 1. The van der Waals surface area contributed by atoms with E-state index in [4.69, 9.17) is 4.74 Å². The van der Waals surface area contributed by atoms with Crippen molar-refractivity contribution in [1.29, 1.82) is 0 Å². The van der Waals surface area contributed by atoms with Crippen LogP contribution in [0.3, 0.4) is 0 Å². The molecule has 1 aliphatic heterocycles. The Labute approximate surface area is 191 Å². The average Bonchev–Trinajstić information content (AvgIpc) is 3.05. The number of halogens is 1. The highest BCUT2D eigenvalue weighted by molar-refractivity contribution is 9.10. The van der Waals surface area contributed by atoms with Crippen molar-refractivity contribution < 1.29 is 14.6 Å². The normalized spacial score (nSPS) is 32.9. The van der Waals surface area contributed by atoms with Crippen LogP contribution in [-0.2, 0) is 11.3 Å². The first-order chi connectivity index (χ1) is 14.9. The summed E-state index contributed by atoms with van der Waals surface area (Å²) in [4.78, 5) is 13.2. The Balaban J connectivity index is 1.19. The number of hydrogen-bond donors (Lipinski definition) is 2. The van der Waals surface area contributed by atoms with Crippen molar-refractivity contribution in [2.24, 2.45) is 23.2 Å². The molecule has 5 nitrogen and oxygen atoms in total. The molecule has 1 amide bonds. The molecule has 1 aromatic heterocycles. The van der Waals surface area contributed by atoms with Crippen LogP contribution in [0.1, 0.15) is 55.3 Å². The number of aromatic nitrogens is 1. The fourth-order valence-electron chi connectivity index (χ4n) is 7.49. The van der Waals surface area contributed by atoms with Crippen molar-refractivity contribution in [3.63, 3.8) is 0 Å². The van der Waals surface area contributed by atoms with Crippen LogP contribution in [0.4, 0.5) is 0 Å². The maximum Gasteiger partial charge on any atom is 0.253 e. The van der Waals surface area contributed by atoms with E-state index in [0.717, 1.165) is 46.1 Å². The van der Waals surface area contributed by atoms with Crippen molar-refractivity contribution in [3.8, 4) is 0 Å². The minimum Gasteiger partial charge on any atom is -0.383 e. The van der Waals surface area contributed by atoms with Gasteiger partial charge in [0.25, 0.3) is 5.91 Å². The molecule has 1 saturated heterocycles. The number of rotatable bonds is 6. The van der Waals surface area contributed by atoms with Gasteiger partial charge in [0.1, 0.15) is 5.60 Å². The predicted octanol–water partition coefficient (Wildman–Crippen LogP) is 4.50.